The molecular formula is C16H13ClN2O5. The molecule has 0 unspecified atom stereocenters. The number of aliphatic imine (C=N–C) groups is 1. The van der Waals surface area contributed by atoms with E-state index < -0.39 is 17.5 Å². The first-order chi connectivity index (χ1) is 11.4. The van der Waals surface area contributed by atoms with Crippen LogP contribution in [0.3, 0.4) is 0 Å². The third kappa shape index (κ3) is 4.53. The van der Waals surface area contributed by atoms with Crippen molar-refractivity contribution >= 4 is 35.2 Å². The minimum Gasteiger partial charge on any atom is -0.480 e. The number of hydrogen-bond acceptors (Lipinski definition) is 5. The number of nitrogens with zero attached hydrogens (tertiary/aromatic N) is 2. The van der Waals surface area contributed by atoms with Crippen molar-refractivity contribution in [3.8, 4) is 5.75 Å². The highest BCUT2D eigenvalue weighted by Gasteiger charge is 2.08. The van der Waals surface area contributed by atoms with Gasteiger partial charge in [0.05, 0.1) is 15.6 Å². The number of carbonyl (C=O) groups is 1. The van der Waals surface area contributed by atoms with Gasteiger partial charge in [-0.25, -0.2) is 4.79 Å². The first-order valence-corrected chi connectivity index (χ1v) is 7.18. The molecule has 7 nitrogen and oxygen atoms in total. The smallest absolute Gasteiger partial charge is 0.341 e. The van der Waals surface area contributed by atoms with Crippen LogP contribution in [0.5, 0.6) is 5.75 Å². The maximum Gasteiger partial charge on any atom is 0.341 e. The van der Waals surface area contributed by atoms with Gasteiger partial charge >= 0.3 is 5.97 Å². The summed E-state index contributed by atoms with van der Waals surface area (Å²) in [6.45, 7) is 1.25. The topological polar surface area (TPSA) is 102 Å². The van der Waals surface area contributed by atoms with Crippen LogP contribution in [0, 0.1) is 17.0 Å². The predicted octanol–water partition coefficient (Wildman–Crippen LogP) is 3.77. The van der Waals surface area contributed by atoms with Crippen molar-refractivity contribution in [1.82, 2.24) is 0 Å². The molecule has 0 heterocycles. The molecule has 24 heavy (non-hydrogen) atoms. The second-order valence-electron chi connectivity index (χ2n) is 4.86. The molecule has 0 aliphatic carbocycles. The average Bonchev–Trinajstić information content (AvgIpc) is 2.52. The van der Waals surface area contributed by atoms with Gasteiger partial charge in [0.2, 0.25) is 0 Å². The lowest BCUT2D eigenvalue weighted by atomic mass is 10.2. The number of non-ortho nitro benzene ring substituents is 1. The molecule has 0 aliphatic heterocycles. The van der Waals surface area contributed by atoms with Gasteiger partial charge in [-0.15, -0.1) is 0 Å². The van der Waals surface area contributed by atoms with Crippen molar-refractivity contribution in [3.63, 3.8) is 0 Å². The van der Waals surface area contributed by atoms with Crippen LogP contribution in [-0.2, 0) is 4.79 Å². The van der Waals surface area contributed by atoms with Crippen LogP contribution < -0.4 is 4.74 Å². The summed E-state index contributed by atoms with van der Waals surface area (Å²) < 4.78 is 5.03. The zero-order valence-corrected chi connectivity index (χ0v) is 13.4. The SMILES string of the molecule is Cc1cc([N+](=O)[O-])ccc1N=Cc1ccc(OCC(=O)O)c(Cl)c1. The van der Waals surface area contributed by atoms with Crippen molar-refractivity contribution in [3.05, 3.63) is 62.7 Å². The van der Waals surface area contributed by atoms with Crippen LogP contribution in [0.1, 0.15) is 11.1 Å². The lowest BCUT2D eigenvalue weighted by Crippen LogP contribution is -2.09. The Morgan fingerprint density at radius 2 is 2.12 bits per heavy atom. The van der Waals surface area contributed by atoms with Crippen molar-refractivity contribution < 1.29 is 19.6 Å². The standard InChI is InChI=1S/C16H13ClN2O5/c1-10-6-12(19(22)23)3-4-14(10)18-8-11-2-5-15(13(17)7-11)24-9-16(20)21/h2-8H,9H2,1H3,(H,20,21). The molecule has 2 aromatic rings. The Hall–Kier alpha value is -2.93. The van der Waals surface area contributed by atoms with E-state index in [1.165, 1.54) is 12.1 Å². The van der Waals surface area contributed by atoms with E-state index in [9.17, 15) is 14.9 Å². The van der Waals surface area contributed by atoms with Crippen LogP contribution >= 0.6 is 11.6 Å². The molecule has 0 spiro atoms. The van der Waals surface area contributed by atoms with Gasteiger partial charge in [0.25, 0.3) is 5.69 Å². The monoisotopic (exact) mass is 348 g/mol. The number of aliphatic carboxylic acids is 1. The quantitative estimate of drug-likeness (QED) is 0.486. The number of carboxylic acid groups (broad SMARTS) is 1. The van der Waals surface area contributed by atoms with Gasteiger partial charge in [-0.05, 0) is 42.3 Å². The second-order valence-corrected chi connectivity index (χ2v) is 5.27. The second kappa shape index (κ2) is 7.56. The zero-order chi connectivity index (χ0) is 17.7. The van der Waals surface area contributed by atoms with Crippen molar-refractivity contribution in [1.29, 1.82) is 0 Å². The average molecular weight is 349 g/mol. The molecule has 0 radical (unpaired) electrons. The largest absolute Gasteiger partial charge is 0.480 e. The fraction of sp³-hybridized carbons (Fsp3) is 0.125. The van der Waals surface area contributed by atoms with Gasteiger partial charge < -0.3 is 9.84 Å². The van der Waals surface area contributed by atoms with E-state index in [0.717, 1.165) is 0 Å². The van der Waals surface area contributed by atoms with Crippen LogP contribution in [0.15, 0.2) is 41.4 Å². The number of ether oxygens (including phenoxy) is 1. The Morgan fingerprint density at radius 3 is 2.71 bits per heavy atom. The highest BCUT2D eigenvalue weighted by molar-refractivity contribution is 6.32. The van der Waals surface area contributed by atoms with Gasteiger partial charge in [0, 0.05) is 18.3 Å². The molecule has 0 fully saturated rings. The number of nitro groups is 1. The molecule has 0 aromatic heterocycles. The Bertz CT molecular complexity index is 820. The molecule has 0 bridgehead atoms. The Balaban J connectivity index is 2.16. The van der Waals surface area contributed by atoms with E-state index in [1.54, 1.807) is 37.4 Å². The lowest BCUT2D eigenvalue weighted by molar-refractivity contribution is -0.384. The van der Waals surface area contributed by atoms with E-state index in [-0.39, 0.29) is 16.5 Å². The Morgan fingerprint density at radius 1 is 1.38 bits per heavy atom. The first-order valence-electron chi connectivity index (χ1n) is 6.80. The van der Waals surface area contributed by atoms with Crippen LogP contribution in [0.25, 0.3) is 0 Å². The highest BCUT2D eigenvalue weighted by atomic mass is 35.5. The van der Waals surface area contributed by atoms with Gasteiger partial charge in [-0.2, -0.15) is 0 Å². The summed E-state index contributed by atoms with van der Waals surface area (Å²) in [5.74, 6) is -0.826. The van der Waals surface area contributed by atoms with Crippen molar-refractivity contribution in [2.45, 2.75) is 6.92 Å². The number of halogens is 1. The highest BCUT2D eigenvalue weighted by Crippen LogP contribution is 2.26. The van der Waals surface area contributed by atoms with Crippen molar-refractivity contribution in [2.24, 2.45) is 4.99 Å². The van der Waals surface area contributed by atoms with Crippen LogP contribution in [-0.4, -0.2) is 28.8 Å². The number of carboxylic acids is 1. The molecule has 8 heteroatoms. The number of rotatable bonds is 6. The van der Waals surface area contributed by atoms with Crippen molar-refractivity contribution in [2.75, 3.05) is 6.61 Å². The summed E-state index contributed by atoms with van der Waals surface area (Å²) >= 11 is 6.03. The molecule has 0 atom stereocenters. The molecule has 0 amide bonds. The lowest BCUT2D eigenvalue weighted by Gasteiger charge is -2.06. The van der Waals surface area contributed by atoms with Crippen LogP contribution in [0.2, 0.25) is 5.02 Å². The van der Waals surface area contributed by atoms with E-state index in [1.807, 2.05) is 0 Å². The van der Waals surface area contributed by atoms with Gasteiger partial charge in [-0.3, -0.25) is 15.1 Å². The fourth-order valence-corrected chi connectivity index (χ4v) is 2.14. The zero-order valence-electron chi connectivity index (χ0n) is 12.6. The minimum atomic E-state index is -1.09. The Labute approximate surface area is 142 Å². The minimum absolute atomic E-state index is 0.00873. The maximum absolute atomic E-state index is 10.7. The van der Waals surface area contributed by atoms with E-state index in [0.29, 0.717) is 16.8 Å². The summed E-state index contributed by atoms with van der Waals surface area (Å²) in [7, 11) is 0. The maximum atomic E-state index is 10.7. The van der Waals surface area contributed by atoms with Gasteiger partial charge in [0.1, 0.15) is 5.75 Å². The van der Waals surface area contributed by atoms with E-state index in [4.69, 9.17) is 21.4 Å². The number of hydrogen-bond donors (Lipinski definition) is 1. The summed E-state index contributed by atoms with van der Waals surface area (Å²) in [6, 6.07) is 9.21. The van der Waals surface area contributed by atoms with Gasteiger partial charge in [-0.1, -0.05) is 11.6 Å². The molecule has 124 valence electrons. The summed E-state index contributed by atoms with van der Waals surface area (Å²) in [5, 5.41) is 19.6. The number of aryl methyl sites for hydroxylation is 1. The predicted molar refractivity (Wildman–Crippen MR) is 89.7 cm³/mol. The van der Waals surface area contributed by atoms with Gasteiger partial charge in [0.15, 0.2) is 6.61 Å². The third-order valence-corrected chi connectivity index (χ3v) is 3.35. The molecule has 1 N–H and O–H groups in total. The molecule has 0 saturated heterocycles. The fourth-order valence-electron chi connectivity index (χ4n) is 1.90. The summed E-state index contributed by atoms with van der Waals surface area (Å²) in [6.07, 6.45) is 1.56. The normalized spacial score (nSPS) is 10.8. The number of nitro benzene ring substituents is 1. The molecule has 0 aliphatic rings. The van der Waals surface area contributed by atoms with E-state index >= 15 is 0 Å². The van der Waals surface area contributed by atoms with E-state index in [2.05, 4.69) is 4.99 Å². The Kier molecular flexibility index (Phi) is 5.49. The summed E-state index contributed by atoms with van der Waals surface area (Å²) in [5.41, 5.74) is 1.96. The summed E-state index contributed by atoms with van der Waals surface area (Å²) in [4.78, 5) is 25.0. The van der Waals surface area contributed by atoms with Crippen LogP contribution in [0.4, 0.5) is 11.4 Å². The number of benzene rings is 2. The molecular weight excluding hydrogens is 336 g/mol. The first kappa shape index (κ1) is 17.4. The molecule has 2 rings (SSSR count). The molecule has 2 aromatic carbocycles. The third-order valence-electron chi connectivity index (χ3n) is 3.05. The molecule has 0 saturated carbocycles.